The molecule has 2 aliphatic heterocycles. The van der Waals surface area contributed by atoms with Gasteiger partial charge in [-0.3, -0.25) is 4.79 Å². The van der Waals surface area contributed by atoms with Gasteiger partial charge >= 0.3 is 0 Å². The van der Waals surface area contributed by atoms with E-state index >= 15 is 0 Å². The van der Waals surface area contributed by atoms with E-state index in [-0.39, 0.29) is 16.9 Å². The van der Waals surface area contributed by atoms with Crippen molar-refractivity contribution in [3.05, 3.63) is 16.3 Å². The molecule has 3 heterocycles. The fourth-order valence-corrected chi connectivity index (χ4v) is 5.62. The Hall–Kier alpha value is -0.960. The molecule has 23 heavy (non-hydrogen) atoms. The lowest BCUT2D eigenvalue weighted by Gasteiger charge is -2.25. The summed E-state index contributed by atoms with van der Waals surface area (Å²) < 4.78 is 32.1. The first-order valence-corrected chi connectivity index (χ1v) is 10.4. The number of nitrogens with one attached hydrogen (secondary N) is 1. The number of nitrogens with zero attached hydrogens (tertiary/aromatic N) is 1. The van der Waals surface area contributed by atoms with E-state index in [9.17, 15) is 13.2 Å². The second kappa shape index (κ2) is 7.29. The molecule has 2 aliphatic rings. The van der Waals surface area contributed by atoms with Crippen LogP contribution in [0.4, 0.5) is 0 Å². The van der Waals surface area contributed by atoms with Crippen molar-refractivity contribution >= 4 is 27.3 Å². The molecule has 6 nitrogen and oxygen atoms in total. The minimum absolute atomic E-state index is 0.0791. The molecule has 8 heteroatoms. The van der Waals surface area contributed by atoms with Gasteiger partial charge in [-0.1, -0.05) is 6.42 Å². The van der Waals surface area contributed by atoms with Crippen LogP contribution in [0.25, 0.3) is 0 Å². The van der Waals surface area contributed by atoms with E-state index in [4.69, 9.17) is 4.74 Å². The highest BCUT2D eigenvalue weighted by atomic mass is 32.2. The number of rotatable bonds is 5. The Morgan fingerprint density at radius 1 is 1.30 bits per heavy atom. The van der Waals surface area contributed by atoms with Crippen molar-refractivity contribution in [2.45, 2.75) is 43.1 Å². The molecule has 0 bridgehead atoms. The Labute approximate surface area is 140 Å². The van der Waals surface area contributed by atoms with Crippen LogP contribution < -0.4 is 5.32 Å². The fourth-order valence-electron chi connectivity index (χ4n) is 2.93. The summed E-state index contributed by atoms with van der Waals surface area (Å²) in [6.45, 7) is 2.36. The maximum atomic E-state index is 12.6. The molecule has 0 unspecified atom stereocenters. The Balaban J connectivity index is 1.63. The third kappa shape index (κ3) is 3.93. The van der Waals surface area contributed by atoms with Crippen molar-refractivity contribution < 1.29 is 17.9 Å². The minimum Gasteiger partial charge on any atom is -0.376 e. The monoisotopic (exact) mass is 358 g/mol. The molecule has 0 radical (unpaired) electrons. The van der Waals surface area contributed by atoms with Crippen LogP contribution >= 0.6 is 11.3 Å². The highest BCUT2D eigenvalue weighted by Gasteiger charge is 2.27. The number of carbonyl (C=O) groups is 1. The van der Waals surface area contributed by atoms with E-state index in [0.717, 1.165) is 38.7 Å². The number of piperidine rings is 1. The van der Waals surface area contributed by atoms with Crippen molar-refractivity contribution in [3.8, 4) is 0 Å². The van der Waals surface area contributed by atoms with Crippen molar-refractivity contribution in [1.82, 2.24) is 9.62 Å². The van der Waals surface area contributed by atoms with Crippen LogP contribution in [0.2, 0.25) is 0 Å². The standard InChI is InChI=1S/C15H22N2O4S2/c18-15(16-10-12-5-4-8-21-12)14-9-13(11-22-14)23(19,20)17-6-2-1-3-7-17/h9,11-12H,1-8,10H2,(H,16,18)/t12-/m1/s1. The van der Waals surface area contributed by atoms with Crippen LogP contribution in [-0.4, -0.2) is 51.0 Å². The molecule has 2 fully saturated rings. The summed E-state index contributed by atoms with van der Waals surface area (Å²) in [5.41, 5.74) is 0. The number of hydrogen-bond acceptors (Lipinski definition) is 5. The average Bonchev–Trinajstić information content (AvgIpc) is 3.25. The number of sulfonamides is 1. The molecule has 1 aromatic rings. The Kier molecular flexibility index (Phi) is 5.35. The first kappa shape index (κ1) is 16.9. The quantitative estimate of drug-likeness (QED) is 0.871. The van der Waals surface area contributed by atoms with Gasteiger partial charge in [0.25, 0.3) is 5.91 Å². The molecule has 0 saturated carbocycles. The zero-order chi connectivity index (χ0) is 16.3. The summed E-state index contributed by atoms with van der Waals surface area (Å²) in [6.07, 6.45) is 4.94. The molecule has 0 aromatic carbocycles. The molecule has 3 rings (SSSR count). The predicted octanol–water partition coefficient (Wildman–Crippen LogP) is 1.83. The Morgan fingerprint density at radius 2 is 2.09 bits per heavy atom. The van der Waals surface area contributed by atoms with E-state index in [1.54, 1.807) is 5.38 Å². The molecule has 128 valence electrons. The van der Waals surface area contributed by atoms with Gasteiger partial charge in [-0.25, -0.2) is 8.42 Å². The zero-order valence-electron chi connectivity index (χ0n) is 13.0. The lowest BCUT2D eigenvalue weighted by molar-refractivity contribution is 0.0861. The second-order valence-corrected chi connectivity index (χ2v) is 8.81. The van der Waals surface area contributed by atoms with Gasteiger partial charge in [0.05, 0.1) is 15.9 Å². The maximum absolute atomic E-state index is 12.6. The maximum Gasteiger partial charge on any atom is 0.261 e. The van der Waals surface area contributed by atoms with Gasteiger partial charge in [0.15, 0.2) is 0 Å². The molecule has 1 atom stereocenters. The van der Waals surface area contributed by atoms with E-state index < -0.39 is 10.0 Å². The van der Waals surface area contributed by atoms with Gasteiger partial charge in [0.1, 0.15) is 0 Å². The van der Waals surface area contributed by atoms with Crippen LogP contribution in [0.5, 0.6) is 0 Å². The molecule has 2 saturated heterocycles. The number of hydrogen-bond donors (Lipinski definition) is 1. The van der Waals surface area contributed by atoms with Gasteiger partial charge in [0, 0.05) is 31.6 Å². The summed E-state index contributed by atoms with van der Waals surface area (Å²) in [5.74, 6) is -0.231. The molecule has 1 N–H and O–H groups in total. The van der Waals surface area contributed by atoms with Crippen molar-refractivity contribution in [2.75, 3.05) is 26.2 Å². The fraction of sp³-hybridized carbons (Fsp3) is 0.667. The van der Waals surface area contributed by atoms with Crippen LogP contribution in [0.3, 0.4) is 0 Å². The largest absolute Gasteiger partial charge is 0.376 e. The minimum atomic E-state index is -3.47. The first-order chi connectivity index (χ1) is 11.1. The van der Waals surface area contributed by atoms with E-state index in [1.165, 1.54) is 21.7 Å². The summed E-state index contributed by atoms with van der Waals surface area (Å²) in [5, 5.41) is 4.38. The summed E-state index contributed by atoms with van der Waals surface area (Å²) in [6, 6.07) is 1.49. The van der Waals surface area contributed by atoms with Gasteiger partial charge in [-0.15, -0.1) is 11.3 Å². The number of ether oxygens (including phenoxy) is 1. The molecular weight excluding hydrogens is 336 g/mol. The topological polar surface area (TPSA) is 75.7 Å². The number of thiophene rings is 1. The molecular formula is C15H22N2O4S2. The average molecular weight is 358 g/mol. The third-order valence-electron chi connectivity index (χ3n) is 4.27. The van der Waals surface area contributed by atoms with E-state index in [2.05, 4.69) is 5.32 Å². The lowest BCUT2D eigenvalue weighted by Crippen LogP contribution is -2.35. The normalized spacial score (nSPS) is 23.0. The highest BCUT2D eigenvalue weighted by Crippen LogP contribution is 2.25. The lowest BCUT2D eigenvalue weighted by atomic mass is 10.2. The summed E-state index contributed by atoms with van der Waals surface area (Å²) >= 11 is 1.17. The van der Waals surface area contributed by atoms with Crippen LogP contribution in [0.15, 0.2) is 16.3 Å². The van der Waals surface area contributed by atoms with Gasteiger partial charge in [0.2, 0.25) is 10.0 Å². The van der Waals surface area contributed by atoms with E-state index in [0.29, 0.717) is 24.5 Å². The highest BCUT2D eigenvalue weighted by molar-refractivity contribution is 7.89. The zero-order valence-corrected chi connectivity index (χ0v) is 14.6. The molecule has 1 amide bonds. The van der Waals surface area contributed by atoms with Crippen molar-refractivity contribution in [1.29, 1.82) is 0 Å². The molecule has 0 spiro atoms. The first-order valence-electron chi connectivity index (χ1n) is 8.06. The number of carbonyl (C=O) groups excluding carboxylic acids is 1. The summed E-state index contributed by atoms with van der Waals surface area (Å²) in [7, 11) is -3.47. The smallest absolute Gasteiger partial charge is 0.261 e. The third-order valence-corrected chi connectivity index (χ3v) is 7.22. The van der Waals surface area contributed by atoms with Crippen LogP contribution in [0, 0.1) is 0 Å². The number of amides is 1. The van der Waals surface area contributed by atoms with Crippen molar-refractivity contribution in [2.24, 2.45) is 0 Å². The summed E-state index contributed by atoms with van der Waals surface area (Å²) in [4.78, 5) is 12.8. The van der Waals surface area contributed by atoms with Gasteiger partial charge in [-0.2, -0.15) is 4.31 Å². The second-order valence-electron chi connectivity index (χ2n) is 5.96. The molecule has 1 aromatic heterocycles. The van der Waals surface area contributed by atoms with Gasteiger partial charge < -0.3 is 10.1 Å². The molecule has 0 aliphatic carbocycles. The van der Waals surface area contributed by atoms with Crippen LogP contribution in [-0.2, 0) is 14.8 Å². The Bertz CT molecular complexity index is 644. The van der Waals surface area contributed by atoms with Crippen LogP contribution in [0.1, 0.15) is 41.8 Å². The predicted molar refractivity (Wildman–Crippen MR) is 88.2 cm³/mol. The SMILES string of the molecule is O=C(NC[C@H]1CCCO1)c1cc(S(=O)(=O)N2CCCCC2)cs1. The van der Waals surface area contributed by atoms with Gasteiger partial charge in [-0.05, 0) is 31.7 Å². The Morgan fingerprint density at radius 3 is 2.78 bits per heavy atom. The van der Waals surface area contributed by atoms with E-state index in [1.807, 2.05) is 0 Å². The van der Waals surface area contributed by atoms with Crippen molar-refractivity contribution in [3.63, 3.8) is 0 Å².